The minimum absolute atomic E-state index is 0.482. The van der Waals surface area contributed by atoms with Gasteiger partial charge in [-0.1, -0.05) is 18.2 Å². The Labute approximate surface area is 125 Å². The zero-order valence-corrected chi connectivity index (χ0v) is 12.1. The smallest absolute Gasteiger partial charge is 0.334 e. The van der Waals surface area contributed by atoms with Crippen LogP contribution < -0.4 is 4.90 Å². The van der Waals surface area contributed by atoms with Crippen molar-refractivity contribution in [3.8, 4) is 0 Å². The van der Waals surface area contributed by atoms with E-state index in [4.69, 9.17) is 9.84 Å². The fourth-order valence-corrected chi connectivity index (χ4v) is 3.28. The topological polar surface area (TPSA) is 53.0 Å². The minimum Gasteiger partial charge on any atom is -0.479 e. The van der Waals surface area contributed by atoms with Crippen LogP contribution >= 0.6 is 0 Å². The number of para-hydroxylation sites is 1. The lowest BCUT2D eigenvalue weighted by molar-refractivity contribution is -0.157. The molecule has 3 rings (SSSR count). The first-order valence-corrected chi connectivity index (χ1v) is 7.62. The summed E-state index contributed by atoms with van der Waals surface area (Å²) in [5, 5.41) is 9.09. The molecule has 2 heterocycles. The molecule has 1 unspecified atom stereocenters. The number of aliphatic carboxylic acids is 1. The Morgan fingerprint density at radius 3 is 2.52 bits per heavy atom. The molecule has 2 fully saturated rings. The van der Waals surface area contributed by atoms with E-state index in [1.165, 1.54) is 5.69 Å². The summed E-state index contributed by atoms with van der Waals surface area (Å²) in [6.45, 7) is 3.95. The number of morpholine rings is 1. The third-order valence-corrected chi connectivity index (χ3v) is 4.48. The van der Waals surface area contributed by atoms with Crippen molar-refractivity contribution in [2.24, 2.45) is 0 Å². The molecule has 0 radical (unpaired) electrons. The first-order chi connectivity index (χ1) is 10.2. The molecular formula is C16H22N2O3. The van der Waals surface area contributed by atoms with E-state index in [9.17, 15) is 4.79 Å². The van der Waals surface area contributed by atoms with Crippen molar-refractivity contribution in [2.45, 2.75) is 25.0 Å². The third kappa shape index (κ3) is 3.36. The number of carboxylic acid groups (broad SMARTS) is 1. The van der Waals surface area contributed by atoms with Gasteiger partial charge in [-0.05, 0) is 25.0 Å². The van der Waals surface area contributed by atoms with Gasteiger partial charge >= 0.3 is 5.97 Å². The number of ether oxygens (including phenoxy) is 1. The van der Waals surface area contributed by atoms with Crippen LogP contribution in [-0.4, -0.2) is 60.9 Å². The lowest BCUT2D eigenvalue weighted by Crippen LogP contribution is -2.53. The average molecular weight is 290 g/mol. The number of anilines is 1. The SMILES string of the molecule is O=C(O)C1CN(C2CCN(c3ccccc3)CC2)CCO1. The first kappa shape index (κ1) is 14.4. The molecule has 0 bridgehead atoms. The monoisotopic (exact) mass is 290 g/mol. The van der Waals surface area contributed by atoms with E-state index in [0.717, 1.165) is 32.5 Å². The molecular weight excluding hydrogens is 268 g/mol. The van der Waals surface area contributed by atoms with Crippen LogP contribution in [0, 0.1) is 0 Å². The number of nitrogens with zero attached hydrogens (tertiary/aromatic N) is 2. The molecule has 1 N–H and O–H groups in total. The summed E-state index contributed by atoms with van der Waals surface area (Å²) in [6, 6.07) is 11.0. The van der Waals surface area contributed by atoms with Crippen molar-refractivity contribution in [1.29, 1.82) is 0 Å². The maximum atomic E-state index is 11.1. The van der Waals surface area contributed by atoms with Crippen LogP contribution in [0.15, 0.2) is 30.3 Å². The molecule has 0 aromatic heterocycles. The Hall–Kier alpha value is -1.59. The Balaban J connectivity index is 1.55. The maximum absolute atomic E-state index is 11.1. The van der Waals surface area contributed by atoms with Crippen LogP contribution in [0.5, 0.6) is 0 Å². The first-order valence-electron chi connectivity index (χ1n) is 7.62. The average Bonchev–Trinajstić information content (AvgIpc) is 2.56. The Kier molecular flexibility index (Phi) is 4.41. The van der Waals surface area contributed by atoms with Gasteiger partial charge in [0.15, 0.2) is 6.10 Å². The summed E-state index contributed by atoms with van der Waals surface area (Å²) in [5.74, 6) is -0.846. The van der Waals surface area contributed by atoms with Gasteiger partial charge in [0, 0.05) is 37.9 Å². The van der Waals surface area contributed by atoms with Crippen LogP contribution in [-0.2, 0) is 9.53 Å². The van der Waals surface area contributed by atoms with Crippen LogP contribution in [0.4, 0.5) is 5.69 Å². The van der Waals surface area contributed by atoms with E-state index in [2.05, 4.69) is 34.1 Å². The van der Waals surface area contributed by atoms with E-state index >= 15 is 0 Å². The predicted octanol–water partition coefficient (Wildman–Crippen LogP) is 1.44. The van der Waals surface area contributed by atoms with Gasteiger partial charge in [0.25, 0.3) is 0 Å². The summed E-state index contributed by atoms with van der Waals surface area (Å²) in [5.41, 5.74) is 1.28. The van der Waals surface area contributed by atoms with Crippen LogP contribution in [0.25, 0.3) is 0 Å². The number of piperidine rings is 1. The third-order valence-electron chi connectivity index (χ3n) is 4.48. The molecule has 5 nitrogen and oxygen atoms in total. The fraction of sp³-hybridized carbons (Fsp3) is 0.562. The molecule has 114 valence electrons. The Bertz CT molecular complexity index is 472. The van der Waals surface area contributed by atoms with Gasteiger partial charge < -0.3 is 14.7 Å². The molecule has 21 heavy (non-hydrogen) atoms. The second-order valence-corrected chi connectivity index (χ2v) is 5.75. The minimum atomic E-state index is -0.846. The van der Waals surface area contributed by atoms with Gasteiger partial charge in [0.05, 0.1) is 6.61 Å². The maximum Gasteiger partial charge on any atom is 0.334 e. The zero-order valence-electron chi connectivity index (χ0n) is 12.1. The predicted molar refractivity (Wildman–Crippen MR) is 80.6 cm³/mol. The van der Waals surface area contributed by atoms with Crippen LogP contribution in [0.3, 0.4) is 0 Å². The van der Waals surface area contributed by atoms with Gasteiger partial charge in [-0.25, -0.2) is 4.79 Å². The molecule has 2 saturated heterocycles. The van der Waals surface area contributed by atoms with E-state index < -0.39 is 12.1 Å². The van der Waals surface area contributed by atoms with Crippen LogP contribution in [0.1, 0.15) is 12.8 Å². The summed E-state index contributed by atoms with van der Waals surface area (Å²) >= 11 is 0. The molecule has 0 saturated carbocycles. The Morgan fingerprint density at radius 2 is 1.86 bits per heavy atom. The number of hydrogen-bond acceptors (Lipinski definition) is 4. The Morgan fingerprint density at radius 1 is 1.14 bits per heavy atom. The highest BCUT2D eigenvalue weighted by Crippen LogP contribution is 2.23. The van der Waals surface area contributed by atoms with Gasteiger partial charge in [-0.3, -0.25) is 4.90 Å². The van der Waals surface area contributed by atoms with Crippen LogP contribution in [0.2, 0.25) is 0 Å². The van der Waals surface area contributed by atoms with Crippen molar-refractivity contribution in [2.75, 3.05) is 37.7 Å². The molecule has 2 aliphatic heterocycles. The molecule has 1 aromatic carbocycles. The van der Waals surface area contributed by atoms with Crippen molar-refractivity contribution < 1.29 is 14.6 Å². The number of carbonyl (C=O) groups is 1. The fourth-order valence-electron chi connectivity index (χ4n) is 3.28. The van der Waals surface area contributed by atoms with E-state index in [0.29, 0.717) is 19.2 Å². The highest BCUT2D eigenvalue weighted by molar-refractivity contribution is 5.72. The molecule has 0 spiro atoms. The molecule has 2 aliphatic rings. The van der Waals surface area contributed by atoms with Gasteiger partial charge in [0.2, 0.25) is 0 Å². The summed E-state index contributed by atoms with van der Waals surface area (Å²) in [6.07, 6.45) is 1.51. The second-order valence-electron chi connectivity index (χ2n) is 5.75. The molecule has 1 aromatic rings. The lowest BCUT2D eigenvalue weighted by atomic mass is 10.0. The highest BCUT2D eigenvalue weighted by Gasteiger charge is 2.32. The second kappa shape index (κ2) is 6.45. The normalized spacial score (nSPS) is 25.0. The summed E-state index contributed by atoms with van der Waals surface area (Å²) in [4.78, 5) is 15.8. The van der Waals surface area contributed by atoms with E-state index in [-0.39, 0.29) is 0 Å². The molecule has 5 heteroatoms. The van der Waals surface area contributed by atoms with Crippen molar-refractivity contribution in [3.63, 3.8) is 0 Å². The number of hydrogen-bond donors (Lipinski definition) is 1. The highest BCUT2D eigenvalue weighted by atomic mass is 16.5. The van der Waals surface area contributed by atoms with Gasteiger partial charge in [-0.15, -0.1) is 0 Å². The van der Waals surface area contributed by atoms with E-state index in [1.54, 1.807) is 0 Å². The van der Waals surface area contributed by atoms with Crippen molar-refractivity contribution in [1.82, 2.24) is 4.90 Å². The lowest BCUT2D eigenvalue weighted by Gasteiger charge is -2.42. The van der Waals surface area contributed by atoms with Gasteiger partial charge in [-0.2, -0.15) is 0 Å². The quantitative estimate of drug-likeness (QED) is 0.913. The summed E-state index contributed by atoms with van der Waals surface area (Å²) in [7, 11) is 0. The summed E-state index contributed by atoms with van der Waals surface area (Å²) < 4.78 is 5.30. The van der Waals surface area contributed by atoms with E-state index in [1.807, 2.05) is 6.07 Å². The molecule has 1 atom stereocenters. The standard InChI is InChI=1S/C16H22N2O3/c19-16(20)15-12-18(10-11-21-15)14-6-8-17(9-7-14)13-4-2-1-3-5-13/h1-5,14-15H,6-12H2,(H,19,20). The largest absolute Gasteiger partial charge is 0.479 e. The molecule has 0 amide bonds. The molecule has 0 aliphatic carbocycles. The number of carboxylic acids is 1. The number of rotatable bonds is 3. The van der Waals surface area contributed by atoms with Crippen molar-refractivity contribution >= 4 is 11.7 Å². The zero-order chi connectivity index (χ0) is 14.7. The van der Waals surface area contributed by atoms with Crippen molar-refractivity contribution in [3.05, 3.63) is 30.3 Å². The number of benzene rings is 1. The van der Waals surface area contributed by atoms with Gasteiger partial charge in [0.1, 0.15) is 0 Å².